The largest absolute Gasteiger partial charge is 0.384 e. The Morgan fingerprint density at radius 2 is 1.86 bits per heavy atom. The number of hydrogen-bond acceptors (Lipinski definition) is 3. The van der Waals surface area contributed by atoms with Crippen LogP contribution in [0.5, 0.6) is 0 Å². The average Bonchev–Trinajstić information content (AvgIpc) is 2.13. The summed E-state index contributed by atoms with van der Waals surface area (Å²) in [6.45, 7) is 10.3. The maximum absolute atomic E-state index is 5.16. The molecule has 0 aliphatic carbocycles. The smallest absolute Gasteiger partial charge is 0.0587 e. The Labute approximate surface area is 88.2 Å². The molecule has 0 bridgehead atoms. The summed E-state index contributed by atoms with van der Waals surface area (Å²) in [6, 6.07) is 0. The van der Waals surface area contributed by atoms with Crippen molar-refractivity contribution < 1.29 is 9.47 Å². The SMILES string of the molecule is COCCNCC(C)(C)C(C)COC. The fourth-order valence-electron chi connectivity index (χ4n) is 1.23. The highest BCUT2D eigenvalue weighted by Crippen LogP contribution is 2.25. The van der Waals surface area contributed by atoms with Gasteiger partial charge in [0.2, 0.25) is 0 Å². The third-order valence-corrected chi connectivity index (χ3v) is 2.81. The van der Waals surface area contributed by atoms with Gasteiger partial charge in [0.15, 0.2) is 0 Å². The van der Waals surface area contributed by atoms with E-state index in [0.717, 1.165) is 26.3 Å². The van der Waals surface area contributed by atoms with Crippen LogP contribution in [0.15, 0.2) is 0 Å². The van der Waals surface area contributed by atoms with Gasteiger partial charge < -0.3 is 14.8 Å². The molecular weight excluding hydrogens is 178 g/mol. The molecule has 86 valence electrons. The van der Waals surface area contributed by atoms with Crippen molar-refractivity contribution in [2.75, 3.05) is 40.5 Å². The van der Waals surface area contributed by atoms with Crippen molar-refractivity contribution in [1.82, 2.24) is 5.32 Å². The van der Waals surface area contributed by atoms with Crippen LogP contribution in [0.1, 0.15) is 20.8 Å². The Kier molecular flexibility index (Phi) is 7.15. The minimum atomic E-state index is 0.268. The zero-order valence-electron chi connectivity index (χ0n) is 10.2. The fourth-order valence-corrected chi connectivity index (χ4v) is 1.23. The van der Waals surface area contributed by atoms with Gasteiger partial charge in [0.1, 0.15) is 0 Å². The molecule has 14 heavy (non-hydrogen) atoms. The number of nitrogens with one attached hydrogen (secondary N) is 1. The molecule has 0 heterocycles. The van der Waals surface area contributed by atoms with E-state index in [0.29, 0.717) is 5.92 Å². The fraction of sp³-hybridized carbons (Fsp3) is 1.00. The topological polar surface area (TPSA) is 30.5 Å². The molecule has 1 unspecified atom stereocenters. The van der Waals surface area contributed by atoms with E-state index in [1.807, 2.05) is 0 Å². The highest BCUT2D eigenvalue weighted by atomic mass is 16.5. The van der Waals surface area contributed by atoms with Gasteiger partial charge in [0.25, 0.3) is 0 Å². The molecular formula is C11H25NO2. The summed E-state index contributed by atoms with van der Waals surface area (Å²) in [6.07, 6.45) is 0. The van der Waals surface area contributed by atoms with Crippen molar-refractivity contribution in [1.29, 1.82) is 0 Å². The number of methoxy groups -OCH3 is 2. The van der Waals surface area contributed by atoms with Gasteiger partial charge in [-0.2, -0.15) is 0 Å². The minimum absolute atomic E-state index is 0.268. The lowest BCUT2D eigenvalue weighted by Crippen LogP contribution is -2.37. The molecule has 0 amide bonds. The summed E-state index contributed by atoms with van der Waals surface area (Å²) in [4.78, 5) is 0. The number of ether oxygens (including phenoxy) is 2. The zero-order chi connectivity index (χ0) is 11.0. The maximum Gasteiger partial charge on any atom is 0.0587 e. The van der Waals surface area contributed by atoms with Gasteiger partial charge in [-0.15, -0.1) is 0 Å². The summed E-state index contributed by atoms with van der Waals surface area (Å²) in [5, 5.41) is 3.39. The second kappa shape index (κ2) is 7.21. The van der Waals surface area contributed by atoms with Crippen LogP contribution in [0.25, 0.3) is 0 Å². The normalized spacial score (nSPS) is 14.4. The number of rotatable bonds is 8. The summed E-state index contributed by atoms with van der Waals surface area (Å²) < 4.78 is 10.1. The van der Waals surface area contributed by atoms with Crippen molar-refractivity contribution in [3.05, 3.63) is 0 Å². The highest BCUT2D eigenvalue weighted by Gasteiger charge is 2.24. The van der Waals surface area contributed by atoms with Crippen LogP contribution < -0.4 is 5.32 Å². The number of hydrogen-bond donors (Lipinski definition) is 1. The van der Waals surface area contributed by atoms with Gasteiger partial charge in [-0.3, -0.25) is 0 Å². The monoisotopic (exact) mass is 203 g/mol. The standard InChI is InChI=1S/C11H25NO2/c1-10(8-14-5)11(2,3)9-12-6-7-13-4/h10,12H,6-9H2,1-5H3. The first-order valence-corrected chi connectivity index (χ1v) is 5.23. The van der Waals surface area contributed by atoms with Gasteiger partial charge >= 0.3 is 0 Å². The van der Waals surface area contributed by atoms with Gasteiger partial charge in [-0.25, -0.2) is 0 Å². The summed E-state index contributed by atoms with van der Waals surface area (Å²) >= 11 is 0. The third-order valence-electron chi connectivity index (χ3n) is 2.81. The maximum atomic E-state index is 5.16. The molecule has 0 aliphatic rings. The van der Waals surface area contributed by atoms with Crippen molar-refractivity contribution in [3.63, 3.8) is 0 Å². The Balaban J connectivity index is 3.69. The molecule has 0 fully saturated rings. The van der Waals surface area contributed by atoms with Crippen molar-refractivity contribution >= 4 is 0 Å². The quantitative estimate of drug-likeness (QED) is 0.607. The van der Waals surface area contributed by atoms with Crippen LogP contribution in [-0.2, 0) is 9.47 Å². The summed E-state index contributed by atoms with van der Waals surface area (Å²) in [5.41, 5.74) is 0.268. The van der Waals surface area contributed by atoms with E-state index >= 15 is 0 Å². The summed E-state index contributed by atoms with van der Waals surface area (Å²) in [7, 11) is 3.48. The van der Waals surface area contributed by atoms with E-state index in [1.165, 1.54) is 0 Å². The van der Waals surface area contributed by atoms with Crippen LogP contribution in [0.3, 0.4) is 0 Å². The molecule has 1 atom stereocenters. The second-order valence-corrected chi connectivity index (χ2v) is 4.51. The Hall–Kier alpha value is -0.120. The van der Waals surface area contributed by atoms with E-state index in [1.54, 1.807) is 14.2 Å². The molecule has 0 radical (unpaired) electrons. The van der Waals surface area contributed by atoms with Crippen LogP contribution in [0.2, 0.25) is 0 Å². The molecule has 3 heteroatoms. The molecule has 0 saturated heterocycles. The molecule has 0 spiro atoms. The summed E-state index contributed by atoms with van der Waals surface area (Å²) in [5.74, 6) is 0.558. The van der Waals surface area contributed by atoms with Gasteiger partial charge in [-0.1, -0.05) is 20.8 Å². The Morgan fingerprint density at radius 3 is 2.36 bits per heavy atom. The molecule has 1 N–H and O–H groups in total. The average molecular weight is 203 g/mol. The molecule has 3 nitrogen and oxygen atoms in total. The van der Waals surface area contributed by atoms with Crippen LogP contribution >= 0.6 is 0 Å². The molecule has 0 aromatic rings. The van der Waals surface area contributed by atoms with E-state index < -0.39 is 0 Å². The molecule has 0 aliphatic heterocycles. The third kappa shape index (κ3) is 5.58. The first kappa shape index (κ1) is 13.9. The molecule has 0 aromatic heterocycles. The van der Waals surface area contributed by atoms with Crippen molar-refractivity contribution in [3.8, 4) is 0 Å². The van der Waals surface area contributed by atoms with Crippen molar-refractivity contribution in [2.24, 2.45) is 11.3 Å². The second-order valence-electron chi connectivity index (χ2n) is 4.51. The van der Waals surface area contributed by atoms with E-state index in [-0.39, 0.29) is 5.41 Å². The lowest BCUT2D eigenvalue weighted by atomic mass is 9.80. The molecule has 0 aromatic carbocycles. The van der Waals surface area contributed by atoms with Gasteiger partial charge in [0.05, 0.1) is 6.61 Å². The Bertz CT molecular complexity index is 137. The zero-order valence-corrected chi connectivity index (χ0v) is 10.2. The van der Waals surface area contributed by atoms with Crippen LogP contribution in [0.4, 0.5) is 0 Å². The van der Waals surface area contributed by atoms with Gasteiger partial charge in [0, 0.05) is 33.9 Å². The lowest BCUT2D eigenvalue weighted by Gasteiger charge is -2.31. The van der Waals surface area contributed by atoms with E-state index in [9.17, 15) is 0 Å². The van der Waals surface area contributed by atoms with E-state index in [2.05, 4.69) is 26.1 Å². The van der Waals surface area contributed by atoms with Crippen molar-refractivity contribution in [2.45, 2.75) is 20.8 Å². The molecule has 0 rings (SSSR count). The Morgan fingerprint density at radius 1 is 1.21 bits per heavy atom. The predicted octanol–water partition coefficient (Wildman–Crippen LogP) is 1.53. The first-order valence-electron chi connectivity index (χ1n) is 5.23. The van der Waals surface area contributed by atoms with Gasteiger partial charge in [-0.05, 0) is 11.3 Å². The predicted molar refractivity (Wildman–Crippen MR) is 59.6 cm³/mol. The molecule has 0 saturated carbocycles. The first-order chi connectivity index (χ1) is 6.54. The highest BCUT2D eigenvalue weighted by molar-refractivity contribution is 4.77. The minimum Gasteiger partial charge on any atom is -0.384 e. The van der Waals surface area contributed by atoms with Crippen LogP contribution in [0, 0.1) is 11.3 Å². The van der Waals surface area contributed by atoms with Crippen LogP contribution in [-0.4, -0.2) is 40.5 Å². The van der Waals surface area contributed by atoms with E-state index in [4.69, 9.17) is 9.47 Å². The lowest BCUT2D eigenvalue weighted by molar-refractivity contribution is 0.0892.